The topological polar surface area (TPSA) is 49.0 Å². The highest BCUT2D eigenvalue weighted by atomic mass is 16.2. The molecule has 1 aliphatic heterocycles. The van der Waals surface area contributed by atoms with Crippen LogP contribution in [0.25, 0.3) is 22.6 Å². The summed E-state index contributed by atoms with van der Waals surface area (Å²) in [6.07, 6.45) is 4.08. The van der Waals surface area contributed by atoms with Crippen LogP contribution in [0.4, 0.5) is 11.4 Å². The number of rotatable bonds is 4. The van der Waals surface area contributed by atoms with E-state index in [1.165, 1.54) is 0 Å². The SMILES string of the molecule is N#Cc1ccccc1Cn1cc(/C=C2/C(=O)N(c3ccccc3)c3ccccc32)c2ccccc21. The highest BCUT2D eigenvalue weighted by molar-refractivity contribution is 6.38. The molecule has 0 aliphatic carbocycles. The number of nitriles is 1. The van der Waals surface area contributed by atoms with Crippen molar-refractivity contribution in [2.75, 3.05) is 4.90 Å². The van der Waals surface area contributed by atoms with Crippen LogP contribution >= 0.6 is 0 Å². The Morgan fingerprint density at radius 1 is 0.800 bits per heavy atom. The van der Waals surface area contributed by atoms with E-state index < -0.39 is 0 Å². The summed E-state index contributed by atoms with van der Waals surface area (Å²) in [5.74, 6) is -0.0379. The van der Waals surface area contributed by atoms with E-state index in [2.05, 4.69) is 29.0 Å². The van der Waals surface area contributed by atoms with Crippen LogP contribution in [0.2, 0.25) is 0 Å². The Kier molecular flexibility index (Phi) is 5.02. The number of anilines is 2. The summed E-state index contributed by atoms with van der Waals surface area (Å²) < 4.78 is 2.15. The molecule has 0 radical (unpaired) electrons. The molecule has 4 aromatic carbocycles. The van der Waals surface area contributed by atoms with Crippen LogP contribution in [-0.2, 0) is 11.3 Å². The van der Waals surface area contributed by atoms with Crippen molar-refractivity contribution in [3.05, 3.63) is 132 Å². The van der Waals surface area contributed by atoms with Crippen molar-refractivity contribution in [2.45, 2.75) is 6.54 Å². The third-order valence-electron chi connectivity index (χ3n) is 6.48. The third kappa shape index (κ3) is 3.51. The number of amides is 1. The third-order valence-corrected chi connectivity index (χ3v) is 6.48. The van der Waals surface area contributed by atoms with Gasteiger partial charge in [-0.3, -0.25) is 9.69 Å². The van der Waals surface area contributed by atoms with Gasteiger partial charge in [0, 0.05) is 40.5 Å². The Hall–Kier alpha value is -4.88. The molecule has 0 unspecified atom stereocenters. The molecule has 0 spiro atoms. The van der Waals surface area contributed by atoms with E-state index in [0.717, 1.165) is 39.0 Å². The second-order valence-electron chi connectivity index (χ2n) is 8.55. The Morgan fingerprint density at radius 2 is 1.51 bits per heavy atom. The first-order valence-corrected chi connectivity index (χ1v) is 11.5. The molecule has 0 fully saturated rings. The minimum Gasteiger partial charge on any atom is -0.342 e. The maximum absolute atomic E-state index is 13.7. The molecule has 5 aromatic rings. The van der Waals surface area contributed by atoms with E-state index in [9.17, 15) is 10.1 Å². The molecule has 1 aliphatic rings. The van der Waals surface area contributed by atoms with Crippen LogP contribution in [-0.4, -0.2) is 10.5 Å². The average molecular weight is 452 g/mol. The van der Waals surface area contributed by atoms with Crippen LogP contribution in [0.15, 0.2) is 109 Å². The lowest BCUT2D eigenvalue weighted by Crippen LogP contribution is -2.20. The summed E-state index contributed by atoms with van der Waals surface area (Å²) in [6.45, 7) is 0.577. The van der Waals surface area contributed by atoms with Gasteiger partial charge in [0.2, 0.25) is 0 Å². The molecule has 35 heavy (non-hydrogen) atoms. The lowest BCUT2D eigenvalue weighted by atomic mass is 10.0. The Bertz CT molecular complexity index is 1650. The van der Waals surface area contributed by atoms with Crippen molar-refractivity contribution in [3.8, 4) is 6.07 Å². The van der Waals surface area contributed by atoms with Crippen LogP contribution < -0.4 is 4.90 Å². The average Bonchev–Trinajstić information content (AvgIpc) is 3.39. The minimum atomic E-state index is -0.0379. The summed E-state index contributed by atoms with van der Waals surface area (Å²) in [6, 6.07) is 35.8. The standard InChI is InChI=1S/C31H21N3O/c32-19-22-10-4-5-11-23(22)20-33-21-24(26-14-6-8-16-29(26)33)18-28-27-15-7-9-17-30(27)34(31(28)35)25-12-2-1-3-13-25/h1-18,21H,20H2/b28-18+. The van der Waals surface area contributed by atoms with Crippen LogP contribution in [0.3, 0.4) is 0 Å². The molecule has 166 valence electrons. The van der Waals surface area contributed by atoms with Crippen molar-refractivity contribution in [1.29, 1.82) is 5.26 Å². The number of para-hydroxylation sites is 3. The first kappa shape index (κ1) is 20.7. The van der Waals surface area contributed by atoms with Crippen molar-refractivity contribution < 1.29 is 4.79 Å². The highest BCUT2D eigenvalue weighted by Crippen LogP contribution is 2.42. The van der Waals surface area contributed by atoms with Gasteiger partial charge in [0.15, 0.2) is 0 Å². The van der Waals surface area contributed by atoms with E-state index in [4.69, 9.17) is 0 Å². The van der Waals surface area contributed by atoms with Gasteiger partial charge < -0.3 is 4.57 Å². The minimum absolute atomic E-state index is 0.0379. The first-order valence-electron chi connectivity index (χ1n) is 11.5. The molecule has 6 rings (SSSR count). The zero-order valence-electron chi connectivity index (χ0n) is 18.9. The van der Waals surface area contributed by atoms with Crippen molar-refractivity contribution in [1.82, 2.24) is 4.57 Å². The molecule has 0 N–H and O–H groups in total. The maximum Gasteiger partial charge on any atom is 0.263 e. The summed E-state index contributed by atoms with van der Waals surface area (Å²) in [7, 11) is 0. The fourth-order valence-electron chi connectivity index (χ4n) is 4.84. The molecule has 1 aromatic heterocycles. The zero-order chi connectivity index (χ0) is 23.8. The van der Waals surface area contributed by atoms with Crippen LogP contribution in [0.5, 0.6) is 0 Å². The number of hydrogen-bond donors (Lipinski definition) is 0. The molecule has 0 bridgehead atoms. The van der Waals surface area contributed by atoms with Gasteiger partial charge in [0.1, 0.15) is 0 Å². The van der Waals surface area contributed by atoms with Gasteiger partial charge in [-0.2, -0.15) is 5.26 Å². The lowest BCUT2D eigenvalue weighted by Gasteiger charge is -2.16. The Labute approximate surface area is 203 Å². The number of hydrogen-bond acceptors (Lipinski definition) is 2. The maximum atomic E-state index is 13.7. The first-order chi connectivity index (χ1) is 17.2. The van der Waals surface area contributed by atoms with Gasteiger partial charge in [0.05, 0.1) is 22.9 Å². The van der Waals surface area contributed by atoms with Crippen molar-refractivity contribution in [2.24, 2.45) is 0 Å². The molecular weight excluding hydrogens is 430 g/mol. The molecule has 0 atom stereocenters. The molecule has 0 saturated carbocycles. The molecule has 4 nitrogen and oxygen atoms in total. The summed E-state index contributed by atoms with van der Waals surface area (Å²) >= 11 is 0. The summed E-state index contributed by atoms with van der Waals surface area (Å²) in [5, 5.41) is 10.6. The van der Waals surface area contributed by atoms with Gasteiger partial charge in [-0.05, 0) is 42.0 Å². The van der Waals surface area contributed by atoms with Crippen molar-refractivity contribution >= 4 is 39.8 Å². The molecule has 2 heterocycles. The monoisotopic (exact) mass is 451 g/mol. The van der Waals surface area contributed by atoms with Gasteiger partial charge in [-0.1, -0.05) is 72.8 Å². The number of carbonyl (C=O) groups is 1. The summed E-state index contributed by atoms with van der Waals surface area (Å²) in [5.41, 5.74) is 7.01. The second kappa shape index (κ2) is 8.48. The normalized spacial score (nSPS) is 13.9. The fraction of sp³-hybridized carbons (Fsp3) is 0.0323. The lowest BCUT2D eigenvalue weighted by molar-refractivity contribution is -0.112. The van der Waals surface area contributed by atoms with Gasteiger partial charge in [-0.25, -0.2) is 0 Å². The Balaban J connectivity index is 1.48. The quantitative estimate of drug-likeness (QED) is 0.283. The fourth-order valence-corrected chi connectivity index (χ4v) is 4.84. The second-order valence-corrected chi connectivity index (χ2v) is 8.55. The molecule has 0 saturated heterocycles. The van der Waals surface area contributed by atoms with Gasteiger partial charge >= 0.3 is 0 Å². The van der Waals surface area contributed by atoms with E-state index in [1.807, 2.05) is 97.1 Å². The molecule has 4 heteroatoms. The number of carbonyl (C=O) groups excluding carboxylic acids is 1. The van der Waals surface area contributed by atoms with Crippen LogP contribution in [0, 0.1) is 11.3 Å². The zero-order valence-corrected chi connectivity index (χ0v) is 18.9. The largest absolute Gasteiger partial charge is 0.342 e. The smallest absolute Gasteiger partial charge is 0.263 e. The molecule has 1 amide bonds. The van der Waals surface area contributed by atoms with E-state index >= 15 is 0 Å². The van der Waals surface area contributed by atoms with Gasteiger partial charge in [0.25, 0.3) is 5.91 Å². The number of aromatic nitrogens is 1. The predicted octanol–water partition coefficient (Wildman–Crippen LogP) is 6.78. The predicted molar refractivity (Wildman–Crippen MR) is 140 cm³/mol. The van der Waals surface area contributed by atoms with E-state index in [-0.39, 0.29) is 5.91 Å². The van der Waals surface area contributed by atoms with Crippen molar-refractivity contribution in [3.63, 3.8) is 0 Å². The highest BCUT2D eigenvalue weighted by Gasteiger charge is 2.33. The summed E-state index contributed by atoms with van der Waals surface area (Å²) in [4.78, 5) is 15.5. The Morgan fingerprint density at radius 3 is 2.37 bits per heavy atom. The molecular formula is C31H21N3O. The van der Waals surface area contributed by atoms with E-state index in [0.29, 0.717) is 17.7 Å². The van der Waals surface area contributed by atoms with E-state index in [1.54, 1.807) is 4.90 Å². The number of fused-ring (bicyclic) bond motifs is 2. The van der Waals surface area contributed by atoms with Crippen LogP contribution in [0.1, 0.15) is 22.3 Å². The number of benzene rings is 4. The number of nitrogens with zero attached hydrogens (tertiary/aromatic N) is 3. The van der Waals surface area contributed by atoms with Gasteiger partial charge in [-0.15, -0.1) is 0 Å².